The Balaban J connectivity index is 2.40. The number of aromatic amines is 1. The molecule has 0 bridgehead atoms. The van der Waals surface area contributed by atoms with E-state index in [4.69, 9.17) is 4.74 Å². The zero-order valence-corrected chi connectivity index (χ0v) is 11.4. The fourth-order valence-corrected chi connectivity index (χ4v) is 2.01. The number of nitrogens with zero attached hydrogens (tertiary/aromatic N) is 1. The Hall–Kier alpha value is -1.88. The molecular formula is C14H18FN3O. The Morgan fingerprint density at radius 2 is 2.21 bits per heavy atom. The van der Waals surface area contributed by atoms with Gasteiger partial charge in [-0.15, -0.1) is 0 Å². The van der Waals surface area contributed by atoms with Gasteiger partial charge in [-0.05, 0) is 32.2 Å². The third kappa shape index (κ3) is 2.93. The van der Waals surface area contributed by atoms with Crippen molar-refractivity contribution in [2.45, 2.75) is 13.3 Å². The molecule has 0 spiro atoms. The van der Waals surface area contributed by atoms with Crippen molar-refractivity contribution >= 4 is 0 Å². The first-order chi connectivity index (χ1) is 9.15. The number of aromatic nitrogens is 2. The number of benzene rings is 1. The second kappa shape index (κ2) is 5.84. The van der Waals surface area contributed by atoms with E-state index in [0.717, 1.165) is 30.2 Å². The lowest BCUT2D eigenvalue weighted by atomic mass is 10.1. The van der Waals surface area contributed by atoms with Crippen molar-refractivity contribution in [3.63, 3.8) is 0 Å². The number of H-pyrrole nitrogens is 1. The molecular weight excluding hydrogens is 245 g/mol. The predicted molar refractivity (Wildman–Crippen MR) is 72.9 cm³/mol. The van der Waals surface area contributed by atoms with Crippen LogP contribution in [0.15, 0.2) is 18.2 Å². The fraction of sp³-hybridized carbons (Fsp3) is 0.357. The zero-order chi connectivity index (χ0) is 13.8. The number of aryl methyl sites for hydroxylation is 1. The minimum absolute atomic E-state index is 0.296. The summed E-state index contributed by atoms with van der Waals surface area (Å²) in [6.07, 6.45) is 0.801. The molecule has 0 aliphatic heterocycles. The summed E-state index contributed by atoms with van der Waals surface area (Å²) in [5.74, 6) is 1.21. The van der Waals surface area contributed by atoms with Gasteiger partial charge in [-0.25, -0.2) is 9.37 Å². The Morgan fingerprint density at radius 1 is 1.42 bits per heavy atom. The number of likely N-dealkylation sites (N-methyl/N-ethyl adjacent to an activating group) is 1. The number of ether oxygens (including phenoxy) is 1. The van der Waals surface area contributed by atoms with Crippen LogP contribution in [0.25, 0.3) is 11.3 Å². The highest BCUT2D eigenvalue weighted by Gasteiger charge is 2.14. The Morgan fingerprint density at radius 3 is 2.89 bits per heavy atom. The molecule has 0 saturated heterocycles. The molecule has 2 aromatic rings. The quantitative estimate of drug-likeness (QED) is 0.870. The van der Waals surface area contributed by atoms with Crippen LogP contribution in [0.3, 0.4) is 0 Å². The van der Waals surface area contributed by atoms with Crippen LogP contribution in [0.2, 0.25) is 0 Å². The topological polar surface area (TPSA) is 49.9 Å². The monoisotopic (exact) mass is 263 g/mol. The summed E-state index contributed by atoms with van der Waals surface area (Å²) >= 11 is 0. The number of imidazole rings is 1. The third-order valence-corrected chi connectivity index (χ3v) is 2.96. The van der Waals surface area contributed by atoms with Crippen molar-refractivity contribution in [3.05, 3.63) is 35.5 Å². The van der Waals surface area contributed by atoms with Crippen molar-refractivity contribution < 1.29 is 9.13 Å². The van der Waals surface area contributed by atoms with Crippen LogP contribution >= 0.6 is 0 Å². The molecule has 2 rings (SSSR count). The number of halogens is 1. The van der Waals surface area contributed by atoms with Crippen LogP contribution in [0.5, 0.6) is 5.75 Å². The second-order valence-electron chi connectivity index (χ2n) is 4.36. The summed E-state index contributed by atoms with van der Waals surface area (Å²) in [7, 11) is 3.47. The van der Waals surface area contributed by atoms with Crippen LogP contribution < -0.4 is 10.1 Å². The Labute approximate surface area is 112 Å². The van der Waals surface area contributed by atoms with E-state index in [1.807, 2.05) is 14.0 Å². The van der Waals surface area contributed by atoms with Crippen molar-refractivity contribution in [3.8, 4) is 17.0 Å². The molecule has 1 aromatic carbocycles. The van der Waals surface area contributed by atoms with Crippen LogP contribution in [-0.4, -0.2) is 30.7 Å². The Bertz CT molecular complexity index is 566. The molecule has 1 heterocycles. The van der Waals surface area contributed by atoms with Crippen molar-refractivity contribution in [1.29, 1.82) is 0 Å². The van der Waals surface area contributed by atoms with Crippen LogP contribution in [-0.2, 0) is 6.42 Å². The van der Waals surface area contributed by atoms with Gasteiger partial charge < -0.3 is 15.0 Å². The maximum Gasteiger partial charge on any atom is 0.128 e. The van der Waals surface area contributed by atoms with E-state index in [0.29, 0.717) is 11.3 Å². The summed E-state index contributed by atoms with van der Waals surface area (Å²) in [5.41, 5.74) is 2.32. The second-order valence-corrected chi connectivity index (χ2v) is 4.36. The van der Waals surface area contributed by atoms with Gasteiger partial charge in [-0.2, -0.15) is 0 Å². The Kier molecular flexibility index (Phi) is 4.16. The molecule has 1 aromatic heterocycles. The molecule has 5 heteroatoms. The summed E-state index contributed by atoms with van der Waals surface area (Å²) < 4.78 is 18.7. The third-order valence-electron chi connectivity index (χ3n) is 2.96. The van der Waals surface area contributed by atoms with Crippen LogP contribution in [0.1, 0.15) is 11.5 Å². The molecule has 0 atom stereocenters. The van der Waals surface area contributed by atoms with E-state index in [1.165, 1.54) is 12.1 Å². The maximum atomic E-state index is 13.4. The number of methoxy groups -OCH3 is 1. The first-order valence-corrected chi connectivity index (χ1v) is 6.19. The van der Waals surface area contributed by atoms with E-state index >= 15 is 0 Å². The summed E-state index contributed by atoms with van der Waals surface area (Å²) in [6.45, 7) is 2.77. The average Bonchev–Trinajstić information content (AvgIpc) is 2.77. The van der Waals surface area contributed by atoms with Gasteiger partial charge in [0.25, 0.3) is 0 Å². The van der Waals surface area contributed by atoms with Gasteiger partial charge in [0.15, 0.2) is 0 Å². The minimum atomic E-state index is -0.296. The van der Waals surface area contributed by atoms with Crippen molar-refractivity contribution in [2.75, 3.05) is 20.7 Å². The normalized spacial score (nSPS) is 10.7. The lowest BCUT2D eigenvalue weighted by molar-refractivity contribution is 0.415. The summed E-state index contributed by atoms with van der Waals surface area (Å²) in [5, 5.41) is 3.07. The van der Waals surface area contributed by atoms with E-state index < -0.39 is 0 Å². The molecule has 0 amide bonds. The lowest BCUT2D eigenvalue weighted by Gasteiger charge is -2.06. The van der Waals surface area contributed by atoms with Gasteiger partial charge in [-0.1, -0.05) is 0 Å². The standard InChI is InChI=1S/C14H18FN3O/c1-9-14(18-13(17-9)6-7-16-2)11-8-10(15)4-5-12(11)19-3/h4-5,8,16H,6-7H2,1-3H3,(H,17,18). The van der Waals surface area contributed by atoms with Crippen molar-refractivity contribution in [1.82, 2.24) is 15.3 Å². The summed E-state index contributed by atoms with van der Waals surface area (Å²) in [4.78, 5) is 7.74. The highest BCUT2D eigenvalue weighted by molar-refractivity contribution is 5.69. The van der Waals surface area contributed by atoms with Gasteiger partial charge in [0.1, 0.15) is 17.4 Å². The molecule has 102 valence electrons. The minimum Gasteiger partial charge on any atom is -0.496 e. The number of nitrogens with one attached hydrogen (secondary N) is 2. The highest BCUT2D eigenvalue weighted by Crippen LogP contribution is 2.31. The fourth-order valence-electron chi connectivity index (χ4n) is 2.01. The molecule has 19 heavy (non-hydrogen) atoms. The maximum absolute atomic E-state index is 13.4. The van der Waals surface area contributed by atoms with Gasteiger partial charge in [0.05, 0.1) is 12.8 Å². The van der Waals surface area contributed by atoms with E-state index in [1.54, 1.807) is 13.2 Å². The highest BCUT2D eigenvalue weighted by atomic mass is 19.1. The molecule has 0 saturated carbocycles. The molecule has 0 aliphatic carbocycles. The largest absolute Gasteiger partial charge is 0.496 e. The smallest absolute Gasteiger partial charge is 0.128 e. The number of hydrogen-bond acceptors (Lipinski definition) is 3. The number of hydrogen-bond donors (Lipinski definition) is 2. The molecule has 0 radical (unpaired) electrons. The SMILES string of the molecule is CNCCc1nc(-c2cc(F)ccc2OC)c(C)[nH]1. The summed E-state index contributed by atoms with van der Waals surface area (Å²) in [6, 6.07) is 4.45. The van der Waals surface area contributed by atoms with Gasteiger partial charge in [0, 0.05) is 24.2 Å². The molecule has 0 fully saturated rings. The predicted octanol–water partition coefficient (Wildman–Crippen LogP) is 2.29. The van der Waals surface area contributed by atoms with Crippen LogP contribution in [0, 0.1) is 12.7 Å². The molecule has 0 unspecified atom stereocenters. The van der Waals surface area contributed by atoms with Crippen molar-refractivity contribution in [2.24, 2.45) is 0 Å². The first kappa shape index (κ1) is 13.5. The van der Waals surface area contributed by atoms with E-state index in [9.17, 15) is 4.39 Å². The van der Waals surface area contributed by atoms with Gasteiger partial charge in [0.2, 0.25) is 0 Å². The van der Waals surface area contributed by atoms with E-state index in [2.05, 4.69) is 15.3 Å². The molecule has 4 nitrogen and oxygen atoms in total. The first-order valence-electron chi connectivity index (χ1n) is 6.19. The van der Waals surface area contributed by atoms with Gasteiger partial charge >= 0.3 is 0 Å². The molecule has 0 aliphatic rings. The lowest BCUT2D eigenvalue weighted by Crippen LogP contribution is -2.11. The van der Waals surface area contributed by atoms with E-state index in [-0.39, 0.29) is 5.82 Å². The zero-order valence-electron chi connectivity index (χ0n) is 11.4. The number of rotatable bonds is 5. The molecule has 2 N–H and O–H groups in total. The average molecular weight is 263 g/mol. The van der Waals surface area contributed by atoms with Gasteiger partial charge in [-0.3, -0.25) is 0 Å². The van der Waals surface area contributed by atoms with Crippen LogP contribution in [0.4, 0.5) is 4.39 Å².